The van der Waals surface area contributed by atoms with Crippen LogP contribution in [0, 0.1) is 0 Å². The van der Waals surface area contributed by atoms with Gasteiger partial charge in [0.1, 0.15) is 24.6 Å². The number of ketones is 4. The van der Waals surface area contributed by atoms with Crippen molar-refractivity contribution in [3.63, 3.8) is 0 Å². The van der Waals surface area contributed by atoms with Crippen LogP contribution >= 0.6 is 31.7 Å². The van der Waals surface area contributed by atoms with E-state index in [0.717, 1.165) is 0 Å². The van der Waals surface area contributed by atoms with E-state index >= 15 is 0 Å². The topological polar surface area (TPSA) is 179 Å². The smallest absolute Gasteiger partial charge is 0.854 e. The third-order valence-electron chi connectivity index (χ3n) is 17.1. The predicted octanol–water partition coefficient (Wildman–Crippen LogP) is 7.27. The molecule has 0 N–H and O–H groups in total. The molecule has 0 amide bonds. The number of hydrogen-bond acceptors (Lipinski definition) is 10. The summed E-state index contributed by atoms with van der Waals surface area (Å²) in [7, 11) is -9.72. The summed E-state index contributed by atoms with van der Waals surface area (Å²) in [5.41, 5.74) is 3.04. The largest absolute Gasteiger partial charge is 2.00 e. The molecule has 0 unspecified atom stereocenters. The third kappa shape index (κ3) is 25.9. The third-order valence-corrected chi connectivity index (χ3v) is 29.3. The van der Waals surface area contributed by atoms with Crippen molar-refractivity contribution < 1.29 is 90.5 Å². The van der Waals surface area contributed by atoms with Gasteiger partial charge in [-0.05, 0) is 125 Å². The van der Waals surface area contributed by atoms with Crippen molar-refractivity contribution in [1.29, 1.82) is 0 Å². The van der Waals surface area contributed by atoms with Gasteiger partial charge in [0, 0.05) is 22.3 Å². The molecule has 0 aliphatic carbocycles. The zero-order chi connectivity index (χ0) is 72.0. The first-order valence-corrected chi connectivity index (χ1v) is 40.7. The first-order valence-electron chi connectivity index (χ1n) is 33.8. The van der Waals surface area contributed by atoms with Crippen LogP contribution in [0.4, 0.5) is 0 Å². The van der Waals surface area contributed by atoms with Gasteiger partial charge in [-0.3, -0.25) is 19.2 Å². The van der Waals surface area contributed by atoms with Gasteiger partial charge in [-0.15, -0.1) is 0 Å². The van der Waals surface area contributed by atoms with Crippen LogP contribution in [0.1, 0.15) is 69.1 Å². The van der Waals surface area contributed by atoms with Gasteiger partial charge < -0.3 is 29.2 Å². The monoisotopic (exact) mass is 1810 g/mol. The van der Waals surface area contributed by atoms with Crippen LogP contribution in [-0.4, -0.2) is 76.3 Å². The summed E-state index contributed by atoms with van der Waals surface area (Å²) in [5.74, 6) is -0.418. The van der Waals surface area contributed by atoms with Crippen LogP contribution in [0.5, 0.6) is 0 Å². The zero-order valence-electron chi connectivity index (χ0n) is 58.2. The van der Waals surface area contributed by atoms with Gasteiger partial charge >= 0.3 is 42.1 Å². The second-order valence-electron chi connectivity index (χ2n) is 24.2. The average molecular weight is 1810 g/mol. The SMILES string of the molecule is CC(=O)c1ccc(B([O-])OB([O-])c2ccc(C(C)=O)cc2)cc1.CC(=O)c1ccc(B([O-])OB([O-])c2ccc(C(C)=O)cc2)cc1.[Pt+2].[Pt+2].c1ccc([PH+](CC[PH+](c2ccccc2)c2ccccc2)c2ccccc2)cc1.c1ccc([PH+](CC[PH+](c2ccccc2)c2ccccc2)c2ccccc2)cc1. The summed E-state index contributed by atoms with van der Waals surface area (Å²) in [5, 5.41) is 60.1. The maximum atomic E-state index is 12.0. The summed E-state index contributed by atoms with van der Waals surface area (Å²) in [6.07, 6.45) is 5.04. The van der Waals surface area contributed by atoms with Crippen molar-refractivity contribution in [3.8, 4) is 0 Å². The first kappa shape index (κ1) is 83.7. The fraction of sp³-hybridized carbons (Fsp3) is 0.0952. The van der Waals surface area contributed by atoms with Crippen molar-refractivity contribution in [2.45, 2.75) is 27.7 Å². The second-order valence-corrected chi connectivity index (χ2v) is 34.6. The molecule has 0 fully saturated rings. The van der Waals surface area contributed by atoms with E-state index in [1.165, 1.54) is 192 Å². The molecule has 20 heteroatoms. The van der Waals surface area contributed by atoms with Crippen LogP contribution in [0.3, 0.4) is 0 Å². The molecule has 12 aromatic rings. The van der Waals surface area contributed by atoms with Crippen molar-refractivity contribution in [1.82, 2.24) is 0 Å². The van der Waals surface area contributed by atoms with Crippen molar-refractivity contribution >= 4 is 148 Å². The van der Waals surface area contributed by atoms with Gasteiger partial charge in [0.2, 0.25) is 0 Å². The molecule has 0 bridgehead atoms. The van der Waals surface area contributed by atoms with E-state index < -0.39 is 60.2 Å². The molecule has 12 aromatic carbocycles. The van der Waals surface area contributed by atoms with E-state index in [-0.39, 0.29) is 87.1 Å². The molecule has 0 spiro atoms. The van der Waals surface area contributed by atoms with Crippen LogP contribution < -0.4 is 84.4 Å². The maximum absolute atomic E-state index is 12.0. The van der Waals surface area contributed by atoms with Gasteiger partial charge in [0.25, 0.3) is 0 Å². The molecule has 0 radical (unpaired) electrons. The van der Waals surface area contributed by atoms with Crippen LogP contribution in [0.2, 0.25) is 0 Å². The van der Waals surface area contributed by atoms with Crippen LogP contribution in [0.25, 0.3) is 0 Å². The number of carbonyl (C=O) groups is 4. The first-order chi connectivity index (χ1) is 49.6. The average Bonchev–Trinajstić information content (AvgIpc) is 0.840. The molecular weight excluding hydrogens is 1730 g/mol. The minimum absolute atomic E-state index is 0. The van der Waals surface area contributed by atoms with E-state index in [4.69, 9.17) is 9.14 Å². The Labute approximate surface area is 647 Å². The van der Waals surface area contributed by atoms with E-state index in [1.54, 1.807) is 0 Å². The van der Waals surface area contributed by atoms with Crippen molar-refractivity contribution in [2.24, 2.45) is 0 Å². The Balaban J connectivity index is 0.000000194. The number of rotatable bonds is 26. The van der Waals surface area contributed by atoms with Crippen LogP contribution in [0.15, 0.2) is 340 Å². The fourth-order valence-electron chi connectivity index (χ4n) is 11.5. The standard InChI is InChI=1S/2C26H24P2.2C16H14B2O5.2Pt/c2*1-5-13-23(14-6-1)27(24-15-7-2-8-16-24)21-22-28(25-17-9-3-10-18-25)26-19-11-4-12-20-26;2*1-11(19)13-3-7-15(8-4-13)17(21)23-18(22)16-9-5-14(6-10-16)12(2)20;;/h2*1-20H,21-22H2;2*3-10H,1-2H3;;/q;;2*-2;2*+2/p+4. The Hall–Kier alpha value is -7.56. The maximum Gasteiger partial charge on any atom is 2.00 e. The fourth-order valence-corrected chi connectivity index (χ4v) is 23.9. The Bertz CT molecular complexity index is 3760. The van der Waals surface area contributed by atoms with Crippen LogP contribution in [-0.2, 0) is 51.3 Å². The molecule has 0 aliphatic heterocycles. The Morgan fingerprint density at radius 2 is 0.356 bits per heavy atom. The zero-order valence-corrected chi connectivity index (χ0v) is 66.7. The molecule has 0 aromatic heterocycles. The van der Waals surface area contributed by atoms with Gasteiger partial charge in [-0.25, -0.2) is 0 Å². The minimum Gasteiger partial charge on any atom is -0.854 e. The predicted molar refractivity (Wildman–Crippen MR) is 431 cm³/mol. The van der Waals surface area contributed by atoms with Gasteiger partial charge in [-0.2, -0.15) is 0 Å². The van der Waals surface area contributed by atoms with Crippen molar-refractivity contribution in [2.75, 3.05) is 24.6 Å². The summed E-state index contributed by atoms with van der Waals surface area (Å²) in [4.78, 5) is 44.7. The normalized spacial score (nSPS) is 10.5. The van der Waals surface area contributed by atoms with Gasteiger partial charge in [-0.1, -0.05) is 265 Å². The summed E-state index contributed by atoms with van der Waals surface area (Å²) < 4.78 is 9.88. The number of carbonyl (C=O) groups excluding carboxylic acids is 4. The van der Waals surface area contributed by atoms with E-state index in [0.29, 0.717) is 22.3 Å². The number of hydrogen-bond donors (Lipinski definition) is 0. The Morgan fingerprint density at radius 1 is 0.231 bits per heavy atom. The molecule has 0 saturated heterocycles. The number of benzene rings is 12. The van der Waals surface area contributed by atoms with E-state index in [1.807, 2.05) is 0 Å². The summed E-state index contributed by atoms with van der Waals surface area (Å²) in [6, 6.07) is 113. The number of Topliss-reactive ketones (excluding diaryl/α,β-unsaturated/α-hetero) is 4. The molecule has 0 saturated carbocycles. The quantitative estimate of drug-likeness (QED) is 0.0304. The second kappa shape index (κ2) is 44.4. The summed E-state index contributed by atoms with van der Waals surface area (Å²) in [6.45, 7) is 5.72. The van der Waals surface area contributed by atoms with Crippen molar-refractivity contribution in [3.05, 3.63) is 362 Å². The summed E-state index contributed by atoms with van der Waals surface area (Å²) >= 11 is 0. The molecule has 10 nitrogen and oxygen atoms in total. The molecule has 0 aliphatic rings. The Kier molecular flexibility index (Phi) is 35.7. The molecular formula is C84H80B4O10P4Pt2+4. The van der Waals surface area contributed by atoms with Gasteiger partial charge in [0.15, 0.2) is 51.6 Å². The van der Waals surface area contributed by atoms with Gasteiger partial charge in [0.05, 0.1) is 74.1 Å². The molecule has 0 heterocycles. The Morgan fingerprint density at radius 3 is 0.471 bits per heavy atom. The molecule has 524 valence electrons. The molecule has 12 rings (SSSR count). The van der Waals surface area contributed by atoms with E-state index in [2.05, 4.69) is 243 Å². The molecule has 0 atom stereocenters. The minimum atomic E-state index is -1.65. The van der Waals surface area contributed by atoms with E-state index in [9.17, 15) is 39.3 Å². The molecule has 104 heavy (non-hydrogen) atoms.